The molecule has 0 aliphatic heterocycles. The maximum Gasteiger partial charge on any atom is 0.433 e. The van der Waals surface area contributed by atoms with Crippen molar-refractivity contribution < 1.29 is 48.7 Å². The Bertz CT molecular complexity index is 661. The van der Waals surface area contributed by atoms with Crippen LogP contribution in [-0.2, 0) is 5.67 Å². The smallest absolute Gasteiger partial charge is 0.287 e. The van der Waals surface area contributed by atoms with E-state index in [4.69, 9.17) is 0 Å². The second-order valence-electron chi connectivity index (χ2n) is 4.07. The molecule has 1 aliphatic carbocycles. The SMILES string of the molecule is O=C1c2c(F)c(F)c(F)c(F)c2C(F)(C(F)(F)F)C1(F)F. The van der Waals surface area contributed by atoms with Gasteiger partial charge in [-0.1, -0.05) is 0 Å². The molecule has 0 spiro atoms. The standard InChI is InChI=1S/C10F10O/c11-3-1-2(4(12)6(14)5(3)13)8(15,10(18,19)20)9(16,17)7(1)21. The van der Waals surface area contributed by atoms with Gasteiger partial charge in [0.05, 0.1) is 11.1 Å². The van der Waals surface area contributed by atoms with Crippen LogP contribution in [0.3, 0.4) is 0 Å². The first-order valence-corrected chi connectivity index (χ1v) is 4.84. The van der Waals surface area contributed by atoms with Gasteiger partial charge in [0.25, 0.3) is 0 Å². The third-order valence-electron chi connectivity index (χ3n) is 2.95. The van der Waals surface area contributed by atoms with E-state index in [0.29, 0.717) is 0 Å². The number of ketones is 1. The molecule has 1 aliphatic rings. The number of halogens is 10. The van der Waals surface area contributed by atoms with Gasteiger partial charge in [0.15, 0.2) is 23.3 Å². The van der Waals surface area contributed by atoms with Gasteiger partial charge >= 0.3 is 17.8 Å². The zero-order valence-electron chi connectivity index (χ0n) is 9.19. The van der Waals surface area contributed by atoms with Gasteiger partial charge in [-0.25, -0.2) is 22.0 Å². The second kappa shape index (κ2) is 3.89. The first kappa shape index (κ1) is 15.6. The van der Waals surface area contributed by atoms with E-state index < -0.39 is 57.9 Å². The normalized spacial score (nSPS) is 24.4. The van der Waals surface area contributed by atoms with Crippen molar-refractivity contribution in [2.45, 2.75) is 17.8 Å². The highest BCUT2D eigenvalue weighted by Crippen LogP contribution is 2.60. The van der Waals surface area contributed by atoms with Crippen molar-refractivity contribution in [1.82, 2.24) is 0 Å². The molecule has 116 valence electrons. The molecule has 1 aromatic carbocycles. The highest BCUT2D eigenvalue weighted by atomic mass is 19.4. The fourth-order valence-corrected chi connectivity index (χ4v) is 1.96. The summed E-state index contributed by atoms with van der Waals surface area (Å²) in [5.74, 6) is -20.7. The monoisotopic (exact) mass is 326 g/mol. The minimum absolute atomic E-state index is 2.50. The summed E-state index contributed by atoms with van der Waals surface area (Å²) in [6, 6.07) is 0. The molecule has 0 N–H and O–H groups in total. The molecule has 11 heteroatoms. The predicted molar refractivity (Wildman–Crippen MR) is 44.4 cm³/mol. The minimum atomic E-state index is -6.59. The van der Waals surface area contributed by atoms with Crippen LogP contribution >= 0.6 is 0 Å². The highest BCUT2D eigenvalue weighted by Gasteiger charge is 2.81. The fraction of sp³-hybridized carbons (Fsp3) is 0.300. The van der Waals surface area contributed by atoms with Crippen molar-refractivity contribution in [2.24, 2.45) is 0 Å². The van der Waals surface area contributed by atoms with Gasteiger partial charge in [0, 0.05) is 0 Å². The third kappa shape index (κ3) is 1.51. The summed E-state index contributed by atoms with van der Waals surface area (Å²) in [4.78, 5) is 11.0. The zero-order chi connectivity index (χ0) is 16.5. The molecular formula is C10F10O. The van der Waals surface area contributed by atoms with Gasteiger partial charge in [-0.3, -0.25) is 4.79 Å². The number of carbonyl (C=O) groups is 1. The Morgan fingerprint density at radius 2 is 1.19 bits per heavy atom. The first-order chi connectivity index (χ1) is 9.30. The molecule has 0 bridgehead atoms. The Kier molecular flexibility index (Phi) is 2.88. The van der Waals surface area contributed by atoms with Crippen molar-refractivity contribution in [2.75, 3.05) is 0 Å². The van der Waals surface area contributed by atoms with Gasteiger partial charge in [-0.15, -0.1) is 0 Å². The molecule has 0 fully saturated rings. The summed E-state index contributed by atoms with van der Waals surface area (Å²) < 4.78 is 130. The van der Waals surface area contributed by atoms with Crippen LogP contribution in [-0.4, -0.2) is 17.9 Å². The lowest BCUT2D eigenvalue weighted by atomic mass is 9.94. The van der Waals surface area contributed by atoms with Crippen LogP contribution in [0.15, 0.2) is 0 Å². The average Bonchev–Trinajstić information content (AvgIpc) is 2.52. The molecule has 0 radical (unpaired) electrons. The molecule has 2 rings (SSSR count). The maximum absolute atomic E-state index is 13.8. The number of carbonyl (C=O) groups excluding carboxylic acids is 1. The summed E-state index contributed by atoms with van der Waals surface area (Å²) in [7, 11) is 0. The Morgan fingerprint density at radius 1 is 0.762 bits per heavy atom. The average molecular weight is 326 g/mol. The van der Waals surface area contributed by atoms with Crippen LogP contribution in [0.2, 0.25) is 0 Å². The molecule has 21 heavy (non-hydrogen) atoms. The number of hydrogen-bond donors (Lipinski definition) is 0. The summed E-state index contributed by atoms with van der Waals surface area (Å²) in [6.45, 7) is 0. The largest absolute Gasteiger partial charge is 0.433 e. The Balaban J connectivity index is 3.05. The van der Waals surface area contributed by atoms with Crippen LogP contribution in [0.1, 0.15) is 15.9 Å². The number of fused-ring (bicyclic) bond motifs is 1. The number of Topliss-reactive ketones (excluding diaryl/α,β-unsaturated/α-hetero) is 1. The van der Waals surface area contributed by atoms with E-state index in [2.05, 4.69) is 0 Å². The zero-order valence-corrected chi connectivity index (χ0v) is 9.19. The van der Waals surface area contributed by atoms with Crippen LogP contribution in [0.5, 0.6) is 0 Å². The van der Waals surface area contributed by atoms with Crippen LogP contribution in [0.4, 0.5) is 43.9 Å². The van der Waals surface area contributed by atoms with Crippen molar-refractivity contribution >= 4 is 5.78 Å². The Hall–Kier alpha value is -1.81. The van der Waals surface area contributed by atoms with E-state index in [0.717, 1.165) is 0 Å². The summed E-state index contributed by atoms with van der Waals surface area (Å²) >= 11 is 0. The number of benzene rings is 1. The molecule has 1 atom stereocenters. The van der Waals surface area contributed by atoms with Crippen LogP contribution in [0.25, 0.3) is 0 Å². The number of alkyl halides is 6. The van der Waals surface area contributed by atoms with Gasteiger partial charge in [-0.05, 0) is 0 Å². The van der Waals surface area contributed by atoms with Gasteiger partial charge in [-0.2, -0.15) is 22.0 Å². The summed E-state index contributed by atoms with van der Waals surface area (Å²) in [5.41, 5.74) is -11.4. The van der Waals surface area contributed by atoms with Crippen molar-refractivity contribution in [3.8, 4) is 0 Å². The second-order valence-corrected chi connectivity index (χ2v) is 4.07. The molecule has 1 nitrogen and oxygen atoms in total. The van der Waals surface area contributed by atoms with E-state index in [-0.39, 0.29) is 0 Å². The quantitative estimate of drug-likeness (QED) is 0.403. The van der Waals surface area contributed by atoms with Crippen molar-refractivity contribution in [1.29, 1.82) is 0 Å². The minimum Gasteiger partial charge on any atom is -0.287 e. The molecule has 0 amide bonds. The maximum atomic E-state index is 13.8. The van der Waals surface area contributed by atoms with E-state index >= 15 is 0 Å². The van der Waals surface area contributed by atoms with E-state index in [1.54, 1.807) is 0 Å². The summed E-state index contributed by atoms with van der Waals surface area (Å²) in [6.07, 6.45) is -6.59. The van der Waals surface area contributed by atoms with Crippen LogP contribution in [0, 0.1) is 23.3 Å². The molecular weight excluding hydrogens is 326 g/mol. The van der Waals surface area contributed by atoms with E-state index in [1.807, 2.05) is 0 Å². The Labute approximate surface area is 108 Å². The molecule has 0 aromatic heterocycles. The highest BCUT2D eigenvalue weighted by molar-refractivity contribution is 6.08. The van der Waals surface area contributed by atoms with Gasteiger partial charge in [0.1, 0.15) is 0 Å². The van der Waals surface area contributed by atoms with E-state index in [9.17, 15) is 48.7 Å². The molecule has 0 saturated carbocycles. The number of rotatable bonds is 0. The Morgan fingerprint density at radius 3 is 1.62 bits per heavy atom. The van der Waals surface area contributed by atoms with Crippen LogP contribution < -0.4 is 0 Å². The molecule has 1 unspecified atom stereocenters. The van der Waals surface area contributed by atoms with Crippen molar-refractivity contribution in [3.63, 3.8) is 0 Å². The third-order valence-corrected chi connectivity index (χ3v) is 2.95. The lowest BCUT2D eigenvalue weighted by Crippen LogP contribution is -2.52. The topological polar surface area (TPSA) is 17.1 Å². The predicted octanol–water partition coefficient (Wildman–Crippen LogP) is 3.80. The van der Waals surface area contributed by atoms with E-state index in [1.165, 1.54) is 0 Å². The van der Waals surface area contributed by atoms with Gasteiger partial charge in [0.2, 0.25) is 5.78 Å². The summed E-state index contributed by atoms with van der Waals surface area (Å²) in [5, 5.41) is 0. The molecule has 1 aromatic rings. The fourth-order valence-electron chi connectivity index (χ4n) is 1.96. The molecule has 0 heterocycles. The molecule has 0 saturated heterocycles. The lowest BCUT2D eigenvalue weighted by Gasteiger charge is -2.28. The lowest BCUT2D eigenvalue weighted by molar-refractivity contribution is -0.290. The first-order valence-electron chi connectivity index (χ1n) is 4.84. The number of hydrogen-bond acceptors (Lipinski definition) is 1. The van der Waals surface area contributed by atoms with Gasteiger partial charge < -0.3 is 0 Å². The van der Waals surface area contributed by atoms with Crippen molar-refractivity contribution in [3.05, 3.63) is 34.4 Å².